The Kier molecular flexibility index (Phi) is 6.60. The van der Waals surface area contributed by atoms with Gasteiger partial charge in [-0.2, -0.15) is 0 Å². The molecule has 0 aliphatic heterocycles. The zero-order valence-electron chi connectivity index (χ0n) is 15.5. The van der Waals surface area contributed by atoms with Gasteiger partial charge in [-0.3, -0.25) is 9.59 Å². The summed E-state index contributed by atoms with van der Waals surface area (Å²) in [5.74, 6) is 0.444. The number of rotatable bonds is 7. The first-order valence-corrected chi connectivity index (χ1v) is 8.42. The number of amides is 2. The Morgan fingerprint density at radius 2 is 1.62 bits per heavy atom. The zero-order valence-corrected chi connectivity index (χ0v) is 15.5. The number of hydrogen-bond acceptors (Lipinski definition) is 4. The van der Waals surface area contributed by atoms with Crippen molar-refractivity contribution in [2.75, 3.05) is 19.5 Å². The minimum absolute atomic E-state index is 0.0499. The fourth-order valence-electron chi connectivity index (χ4n) is 2.33. The molecule has 2 amide bonds. The van der Waals surface area contributed by atoms with Gasteiger partial charge in [0.25, 0.3) is 11.8 Å². The highest BCUT2D eigenvalue weighted by Gasteiger charge is 2.16. The first-order chi connectivity index (χ1) is 12.5. The lowest BCUT2D eigenvalue weighted by Crippen LogP contribution is -2.32. The van der Waals surface area contributed by atoms with E-state index in [9.17, 15) is 9.59 Å². The second-order valence-corrected chi connectivity index (χ2v) is 5.88. The number of anilines is 1. The summed E-state index contributed by atoms with van der Waals surface area (Å²) in [4.78, 5) is 25.1. The average molecular weight is 356 g/mol. The topological polar surface area (TPSA) is 76.7 Å². The quantitative estimate of drug-likeness (QED) is 0.796. The van der Waals surface area contributed by atoms with Crippen molar-refractivity contribution < 1.29 is 19.1 Å². The first kappa shape index (κ1) is 19.3. The zero-order chi connectivity index (χ0) is 19.1. The number of carbonyl (C=O) groups is 2. The van der Waals surface area contributed by atoms with Crippen molar-refractivity contribution in [2.24, 2.45) is 0 Å². The molecule has 138 valence electrons. The number of hydrogen-bond donors (Lipinski definition) is 2. The average Bonchev–Trinajstić information content (AvgIpc) is 2.67. The van der Waals surface area contributed by atoms with E-state index in [2.05, 4.69) is 10.6 Å². The van der Waals surface area contributed by atoms with Gasteiger partial charge >= 0.3 is 0 Å². The van der Waals surface area contributed by atoms with Crippen LogP contribution in [0.15, 0.2) is 42.5 Å². The third-order valence-corrected chi connectivity index (χ3v) is 4.02. The summed E-state index contributed by atoms with van der Waals surface area (Å²) in [7, 11) is 3.04. The molecule has 6 nitrogen and oxygen atoms in total. The predicted molar refractivity (Wildman–Crippen MR) is 101 cm³/mol. The van der Waals surface area contributed by atoms with Crippen LogP contribution in [-0.4, -0.2) is 32.1 Å². The van der Waals surface area contributed by atoms with Crippen molar-refractivity contribution in [3.8, 4) is 11.5 Å². The second-order valence-electron chi connectivity index (χ2n) is 5.88. The predicted octanol–water partition coefficient (Wildman–Crippen LogP) is 3.48. The maximum atomic E-state index is 12.6. The van der Waals surface area contributed by atoms with E-state index in [-0.39, 0.29) is 17.9 Å². The van der Waals surface area contributed by atoms with Gasteiger partial charge in [0.2, 0.25) is 0 Å². The highest BCUT2D eigenvalue weighted by molar-refractivity contribution is 6.09. The van der Waals surface area contributed by atoms with Gasteiger partial charge < -0.3 is 20.1 Å². The summed E-state index contributed by atoms with van der Waals surface area (Å²) < 4.78 is 10.4. The minimum atomic E-state index is -0.356. The van der Waals surface area contributed by atoms with Crippen LogP contribution in [-0.2, 0) is 0 Å². The van der Waals surface area contributed by atoms with Crippen LogP contribution < -0.4 is 20.1 Å². The monoisotopic (exact) mass is 356 g/mol. The van der Waals surface area contributed by atoms with Crippen LogP contribution in [0, 0.1) is 0 Å². The van der Waals surface area contributed by atoms with Crippen molar-refractivity contribution in [1.82, 2.24) is 5.32 Å². The fraction of sp³-hybridized carbons (Fsp3) is 0.300. The van der Waals surface area contributed by atoms with E-state index < -0.39 is 0 Å². The van der Waals surface area contributed by atoms with Gasteiger partial charge in [-0.1, -0.05) is 19.1 Å². The van der Waals surface area contributed by atoms with E-state index in [1.54, 1.807) is 42.5 Å². The van der Waals surface area contributed by atoms with Gasteiger partial charge in [0.05, 0.1) is 25.5 Å². The summed E-state index contributed by atoms with van der Waals surface area (Å²) in [5.41, 5.74) is 1.23. The molecule has 2 rings (SSSR count). The third-order valence-electron chi connectivity index (χ3n) is 4.02. The van der Waals surface area contributed by atoms with Crippen LogP contribution >= 0.6 is 0 Å². The van der Waals surface area contributed by atoms with Crippen molar-refractivity contribution in [3.63, 3.8) is 0 Å². The molecule has 0 radical (unpaired) electrons. The van der Waals surface area contributed by atoms with Gasteiger partial charge in [0.1, 0.15) is 11.5 Å². The van der Waals surface area contributed by atoms with E-state index >= 15 is 0 Å². The number of nitrogens with one attached hydrogen (secondary N) is 2. The molecule has 1 unspecified atom stereocenters. The molecule has 2 aromatic carbocycles. The fourth-order valence-corrected chi connectivity index (χ4v) is 2.33. The maximum Gasteiger partial charge on any atom is 0.255 e. The molecule has 0 bridgehead atoms. The summed E-state index contributed by atoms with van der Waals surface area (Å²) in [6, 6.07) is 11.9. The van der Waals surface area contributed by atoms with Crippen molar-refractivity contribution in [3.05, 3.63) is 53.6 Å². The molecule has 1 atom stereocenters. The maximum absolute atomic E-state index is 12.6. The van der Waals surface area contributed by atoms with E-state index in [1.807, 2.05) is 13.8 Å². The molecule has 0 heterocycles. The van der Waals surface area contributed by atoms with Crippen LogP contribution in [0.2, 0.25) is 0 Å². The molecule has 0 aliphatic carbocycles. The van der Waals surface area contributed by atoms with E-state index in [0.717, 1.165) is 6.42 Å². The molecule has 0 fully saturated rings. The molecular formula is C20H24N2O4. The van der Waals surface area contributed by atoms with Crippen LogP contribution in [0.1, 0.15) is 41.0 Å². The minimum Gasteiger partial charge on any atom is -0.497 e. The Morgan fingerprint density at radius 1 is 1.00 bits per heavy atom. The lowest BCUT2D eigenvalue weighted by molar-refractivity contribution is 0.0940. The number of ether oxygens (including phenoxy) is 2. The van der Waals surface area contributed by atoms with Crippen LogP contribution in [0.5, 0.6) is 11.5 Å². The first-order valence-electron chi connectivity index (χ1n) is 8.42. The molecule has 26 heavy (non-hydrogen) atoms. The van der Waals surface area contributed by atoms with Crippen molar-refractivity contribution in [2.45, 2.75) is 26.3 Å². The molecular weight excluding hydrogens is 332 g/mol. The Hall–Kier alpha value is -3.02. The van der Waals surface area contributed by atoms with Crippen LogP contribution in [0.3, 0.4) is 0 Å². The van der Waals surface area contributed by atoms with Gasteiger partial charge in [-0.05, 0) is 37.6 Å². The van der Waals surface area contributed by atoms with Gasteiger partial charge in [0, 0.05) is 17.7 Å². The molecule has 2 N–H and O–H groups in total. The molecule has 0 aromatic heterocycles. The third kappa shape index (κ3) is 4.75. The normalized spacial score (nSPS) is 11.4. The lowest BCUT2D eigenvalue weighted by atomic mass is 10.1. The summed E-state index contributed by atoms with van der Waals surface area (Å²) in [5, 5.41) is 5.70. The molecule has 2 aromatic rings. The van der Waals surface area contributed by atoms with E-state index in [4.69, 9.17) is 9.47 Å². The van der Waals surface area contributed by atoms with Crippen LogP contribution in [0.4, 0.5) is 5.69 Å². The van der Waals surface area contributed by atoms with E-state index in [0.29, 0.717) is 28.3 Å². The Balaban J connectivity index is 2.26. The molecule has 0 aliphatic rings. The number of methoxy groups -OCH3 is 2. The SMILES string of the molecule is CCC(C)NC(=O)c1ccccc1NC(=O)c1cc(OC)cc(OC)c1. The lowest BCUT2D eigenvalue weighted by Gasteiger charge is -2.15. The van der Waals surface area contributed by atoms with Crippen molar-refractivity contribution in [1.29, 1.82) is 0 Å². The number of benzene rings is 2. The van der Waals surface area contributed by atoms with E-state index in [1.165, 1.54) is 14.2 Å². The van der Waals surface area contributed by atoms with Crippen molar-refractivity contribution >= 4 is 17.5 Å². The molecule has 0 spiro atoms. The Morgan fingerprint density at radius 3 is 2.19 bits per heavy atom. The van der Waals surface area contributed by atoms with Crippen LogP contribution in [0.25, 0.3) is 0 Å². The Bertz CT molecular complexity index is 767. The summed E-state index contributed by atoms with van der Waals surface area (Å²) in [6.07, 6.45) is 0.823. The van der Waals surface area contributed by atoms with Gasteiger partial charge in [-0.15, -0.1) is 0 Å². The highest BCUT2D eigenvalue weighted by Crippen LogP contribution is 2.24. The van der Waals surface area contributed by atoms with Gasteiger partial charge in [-0.25, -0.2) is 0 Å². The largest absolute Gasteiger partial charge is 0.497 e. The summed E-state index contributed by atoms with van der Waals surface area (Å²) >= 11 is 0. The summed E-state index contributed by atoms with van der Waals surface area (Å²) in [6.45, 7) is 3.93. The standard InChI is InChI=1S/C20H24N2O4/c1-5-13(2)21-20(24)17-8-6-7-9-18(17)22-19(23)14-10-15(25-3)12-16(11-14)26-4/h6-13H,5H2,1-4H3,(H,21,24)(H,22,23). The Labute approximate surface area is 153 Å². The smallest absolute Gasteiger partial charge is 0.255 e. The number of carbonyl (C=O) groups excluding carboxylic acids is 2. The van der Waals surface area contributed by atoms with Gasteiger partial charge in [0.15, 0.2) is 0 Å². The highest BCUT2D eigenvalue weighted by atomic mass is 16.5. The molecule has 0 saturated carbocycles. The second kappa shape index (κ2) is 8.89. The molecule has 6 heteroatoms. The number of para-hydroxylation sites is 1. The molecule has 0 saturated heterocycles.